The monoisotopic (exact) mass is 221 g/mol. The van der Waals surface area contributed by atoms with Crippen molar-refractivity contribution in [1.29, 1.82) is 0 Å². The molecule has 1 amide bonds. The van der Waals surface area contributed by atoms with Gasteiger partial charge in [0.2, 0.25) is 0 Å². The average molecular weight is 221 g/mol. The summed E-state index contributed by atoms with van der Waals surface area (Å²) in [5, 5.41) is 12.0. The molecular formula is C10H11N3O3. The summed E-state index contributed by atoms with van der Waals surface area (Å²) in [6.07, 6.45) is 0.929. The summed E-state index contributed by atoms with van der Waals surface area (Å²) in [5.74, 6) is -0.146. The molecule has 1 N–H and O–H groups in total. The van der Waals surface area contributed by atoms with Gasteiger partial charge in [0.25, 0.3) is 11.6 Å². The molecule has 1 aromatic rings. The third-order valence-corrected chi connectivity index (χ3v) is 2.43. The molecule has 0 saturated carbocycles. The van der Waals surface area contributed by atoms with Crippen LogP contribution in [0.25, 0.3) is 0 Å². The number of nitrogens with zero attached hydrogens (tertiary/aromatic N) is 2. The number of carbonyl (C=O) groups excluding carboxylic acids is 1. The number of carbonyl (C=O) groups is 1. The molecule has 1 aliphatic heterocycles. The van der Waals surface area contributed by atoms with Crippen LogP contribution in [0.1, 0.15) is 16.8 Å². The highest BCUT2D eigenvalue weighted by Crippen LogP contribution is 2.13. The molecule has 0 atom stereocenters. The van der Waals surface area contributed by atoms with Crippen LogP contribution in [-0.2, 0) is 0 Å². The van der Waals surface area contributed by atoms with Gasteiger partial charge < -0.3 is 0 Å². The summed E-state index contributed by atoms with van der Waals surface area (Å²) >= 11 is 0. The van der Waals surface area contributed by atoms with Gasteiger partial charge in [-0.05, 0) is 18.6 Å². The van der Waals surface area contributed by atoms with E-state index in [0.717, 1.165) is 13.0 Å². The smallest absolute Gasteiger partial charge is 0.269 e. The van der Waals surface area contributed by atoms with Crippen molar-refractivity contribution in [2.24, 2.45) is 0 Å². The molecule has 1 aliphatic rings. The van der Waals surface area contributed by atoms with E-state index in [0.29, 0.717) is 12.1 Å². The molecule has 1 heterocycles. The fourth-order valence-electron chi connectivity index (χ4n) is 1.59. The maximum absolute atomic E-state index is 11.8. The van der Waals surface area contributed by atoms with Crippen LogP contribution in [0.2, 0.25) is 0 Å². The largest absolute Gasteiger partial charge is 0.274 e. The van der Waals surface area contributed by atoms with Gasteiger partial charge in [-0.15, -0.1) is 0 Å². The third kappa shape index (κ3) is 2.01. The second-order valence-corrected chi connectivity index (χ2v) is 3.52. The molecule has 6 heteroatoms. The number of hydrogen-bond donors (Lipinski definition) is 1. The molecule has 1 saturated heterocycles. The van der Waals surface area contributed by atoms with Crippen molar-refractivity contribution in [2.75, 3.05) is 13.1 Å². The van der Waals surface area contributed by atoms with E-state index in [1.54, 1.807) is 0 Å². The van der Waals surface area contributed by atoms with Crippen LogP contribution in [0.5, 0.6) is 0 Å². The maximum atomic E-state index is 11.8. The number of hydrazine groups is 1. The van der Waals surface area contributed by atoms with Crippen LogP contribution in [-0.4, -0.2) is 28.9 Å². The lowest BCUT2D eigenvalue weighted by molar-refractivity contribution is -0.384. The molecule has 84 valence electrons. The highest BCUT2D eigenvalue weighted by molar-refractivity contribution is 5.94. The first-order chi connectivity index (χ1) is 7.68. The van der Waals surface area contributed by atoms with E-state index in [4.69, 9.17) is 0 Å². The topological polar surface area (TPSA) is 75.5 Å². The Balaban J connectivity index is 2.14. The van der Waals surface area contributed by atoms with Gasteiger partial charge in [-0.25, -0.2) is 5.43 Å². The minimum atomic E-state index is -0.484. The Morgan fingerprint density at radius 1 is 1.38 bits per heavy atom. The van der Waals surface area contributed by atoms with E-state index < -0.39 is 4.92 Å². The van der Waals surface area contributed by atoms with E-state index in [-0.39, 0.29) is 11.6 Å². The van der Waals surface area contributed by atoms with Gasteiger partial charge in [0, 0.05) is 30.8 Å². The minimum Gasteiger partial charge on any atom is -0.274 e. The quantitative estimate of drug-likeness (QED) is 0.595. The van der Waals surface area contributed by atoms with E-state index in [2.05, 4.69) is 5.43 Å². The highest BCUT2D eigenvalue weighted by Gasteiger charge is 2.19. The van der Waals surface area contributed by atoms with Crippen molar-refractivity contribution >= 4 is 11.6 Å². The van der Waals surface area contributed by atoms with Crippen LogP contribution in [0.3, 0.4) is 0 Å². The summed E-state index contributed by atoms with van der Waals surface area (Å²) in [7, 11) is 0. The molecule has 0 spiro atoms. The zero-order valence-electron chi connectivity index (χ0n) is 8.55. The second kappa shape index (κ2) is 4.28. The number of benzene rings is 1. The van der Waals surface area contributed by atoms with Crippen molar-refractivity contribution in [3.05, 3.63) is 39.9 Å². The Morgan fingerprint density at radius 2 is 2.06 bits per heavy atom. The fraction of sp³-hybridized carbons (Fsp3) is 0.300. The number of rotatable bonds is 2. The first-order valence-electron chi connectivity index (χ1n) is 4.98. The van der Waals surface area contributed by atoms with Crippen LogP contribution < -0.4 is 5.43 Å². The van der Waals surface area contributed by atoms with Crippen LogP contribution in [0, 0.1) is 10.1 Å². The van der Waals surface area contributed by atoms with Crippen LogP contribution in [0.4, 0.5) is 5.69 Å². The minimum absolute atomic E-state index is 0.00840. The molecule has 0 radical (unpaired) electrons. The van der Waals surface area contributed by atoms with E-state index >= 15 is 0 Å². The van der Waals surface area contributed by atoms with Crippen molar-refractivity contribution in [3.63, 3.8) is 0 Å². The first-order valence-corrected chi connectivity index (χ1v) is 4.98. The Kier molecular flexibility index (Phi) is 2.82. The van der Waals surface area contributed by atoms with Gasteiger partial charge in [0.1, 0.15) is 0 Å². The van der Waals surface area contributed by atoms with Crippen LogP contribution >= 0.6 is 0 Å². The first kappa shape index (κ1) is 10.6. The zero-order chi connectivity index (χ0) is 11.5. The van der Waals surface area contributed by atoms with Gasteiger partial charge >= 0.3 is 0 Å². The molecule has 2 rings (SSSR count). The molecule has 1 aromatic carbocycles. The van der Waals surface area contributed by atoms with E-state index in [1.807, 2.05) is 0 Å². The molecule has 0 bridgehead atoms. The predicted octanol–water partition coefficient (Wildman–Crippen LogP) is 0.945. The summed E-state index contributed by atoms with van der Waals surface area (Å²) in [6.45, 7) is 1.47. The molecule has 1 fully saturated rings. The number of nitrogens with one attached hydrogen (secondary N) is 1. The molecule has 0 unspecified atom stereocenters. The van der Waals surface area contributed by atoms with Gasteiger partial charge in [-0.1, -0.05) is 0 Å². The number of non-ortho nitro benzene ring substituents is 1. The Morgan fingerprint density at radius 3 is 2.56 bits per heavy atom. The van der Waals surface area contributed by atoms with Gasteiger partial charge in [0.15, 0.2) is 0 Å². The van der Waals surface area contributed by atoms with E-state index in [9.17, 15) is 14.9 Å². The maximum Gasteiger partial charge on any atom is 0.269 e. The van der Waals surface area contributed by atoms with E-state index in [1.165, 1.54) is 29.3 Å². The normalized spacial score (nSPS) is 15.1. The molecule has 16 heavy (non-hydrogen) atoms. The Labute approximate surface area is 92.0 Å². The molecular weight excluding hydrogens is 210 g/mol. The summed E-state index contributed by atoms with van der Waals surface area (Å²) in [5.41, 5.74) is 3.39. The zero-order valence-corrected chi connectivity index (χ0v) is 8.55. The number of amides is 1. The van der Waals surface area contributed by atoms with Gasteiger partial charge in [-0.3, -0.25) is 19.9 Å². The molecule has 0 aliphatic carbocycles. The lowest BCUT2D eigenvalue weighted by Crippen LogP contribution is -2.36. The number of nitro benzene ring substituents is 1. The highest BCUT2D eigenvalue weighted by atomic mass is 16.6. The summed E-state index contributed by atoms with van der Waals surface area (Å²) in [4.78, 5) is 21.8. The van der Waals surface area contributed by atoms with Crippen LogP contribution in [0.15, 0.2) is 24.3 Å². The average Bonchev–Trinajstić information content (AvgIpc) is 2.81. The Hall–Kier alpha value is -1.95. The molecule has 0 aromatic heterocycles. The lowest BCUT2D eigenvalue weighted by atomic mass is 10.2. The summed E-state index contributed by atoms with van der Waals surface area (Å²) < 4.78 is 0. The summed E-state index contributed by atoms with van der Waals surface area (Å²) in [6, 6.07) is 5.62. The molecule has 6 nitrogen and oxygen atoms in total. The lowest BCUT2D eigenvalue weighted by Gasteiger charge is -2.14. The predicted molar refractivity (Wildman–Crippen MR) is 56.8 cm³/mol. The second-order valence-electron chi connectivity index (χ2n) is 3.52. The van der Waals surface area contributed by atoms with Gasteiger partial charge in [-0.2, -0.15) is 0 Å². The van der Waals surface area contributed by atoms with Crippen molar-refractivity contribution < 1.29 is 9.72 Å². The fourth-order valence-corrected chi connectivity index (χ4v) is 1.59. The third-order valence-electron chi connectivity index (χ3n) is 2.43. The Bertz CT molecular complexity index is 410. The van der Waals surface area contributed by atoms with Crippen molar-refractivity contribution in [2.45, 2.75) is 6.42 Å². The standard InChI is InChI=1S/C10H11N3O3/c14-10(12-7-1-6-11-12)8-2-4-9(5-3-8)13(15)16/h2-5,11H,1,6-7H2. The number of nitro groups is 1. The SMILES string of the molecule is O=C(c1ccc([N+](=O)[O-])cc1)N1CCCN1. The van der Waals surface area contributed by atoms with Crippen molar-refractivity contribution in [1.82, 2.24) is 10.4 Å². The van der Waals surface area contributed by atoms with Gasteiger partial charge in [0.05, 0.1) is 4.92 Å². The number of hydrogen-bond acceptors (Lipinski definition) is 4. The van der Waals surface area contributed by atoms with Crippen molar-refractivity contribution in [3.8, 4) is 0 Å².